The van der Waals surface area contributed by atoms with E-state index in [0.717, 1.165) is 28.9 Å². The molecule has 3 aromatic rings. The van der Waals surface area contributed by atoms with Gasteiger partial charge in [-0.25, -0.2) is 4.98 Å². The van der Waals surface area contributed by atoms with Crippen molar-refractivity contribution >= 4 is 21.6 Å². The number of benzene rings is 1. The molecule has 0 saturated heterocycles. The van der Waals surface area contributed by atoms with Gasteiger partial charge in [0.25, 0.3) is 5.56 Å². The Hall–Kier alpha value is -1.98. The van der Waals surface area contributed by atoms with Gasteiger partial charge in [-0.2, -0.15) is 0 Å². The number of nitrogens with zero attached hydrogens (tertiary/aromatic N) is 1. The summed E-state index contributed by atoms with van der Waals surface area (Å²) in [5.74, 6) is 1.82. The molecule has 0 radical (unpaired) electrons. The summed E-state index contributed by atoms with van der Waals surface area (Å²) in [6.07, 6.45) is 4.52. The molecule has 0 unspecified atom stereocenters. The smallest absolute Gasteiger partial charge is 0.260 e. The van der Waals surface area contributed by atoms with E-state index in [-0.39, 0.29) is 5.56 Å². The van der Waals surface area contributed by atoms with E-state index in [2.05, 4.69) is 62.3 Å². The number of nitrogens with two attached hydrogens (primary N) is 1. The highest BCUT2D eigenvalue weighted by molar-refractivity contribution is 7.18. The van der Waals surface area contributed by atoms with E-state index in [0.29, 0.717) is 24.4 Å². The first-order valence-electron chi connectivity index (χ1n) is 10.9. The predicted octanol–water partition coefficient (Wildman–Crippen LogP) is 4.45. The van der Waals surface area contributed by atoms with Gasteiger partial charge in [0.05, 0.1) is 5.39 Å². The second-order valence-electron chi connectivity index (χ2n) is 8.93. The summed E-state index contributed by atoms with van der Waals surface area (Å²) in [5.41, 5.74) is 4.00. The molecule has 4 nitrogen and oxygen atoms in total. The molecule has 154 valence electrons. The highest BCUT2D eigenvalue weighted by Gasteiger charge is 2.22. The number of aromatic amines is 1. The first-order valence-corrected chi connectivity index (χ1v) is 11.7. The number of H-pyrrole nitrogens is 1. The third kappa shape index (κ3) is 4.17. The lowest BCUT2D eigenvalue weighted by atomic mass is 9.93. The SMILES string of the molecule is CC(C)c1ccc([C@@H]([NH2+]Cc2nc3sc4c(c3c(=O)[nH]2)CCCC4)C(C)C)cc1. The third-order valence-electron chi connectivity index (χ3n) is 6.15. The summed E-state index contributed by atoms with van der Waals surface area (Å²) < 4.78 is 0. The van der Waals surface area contributed by atoms with E-state index in [1.807, 2.05) is 0 Å². The fourth-order valence-corrected chi connectivity index (χ4v) is 5.72. The third-order valence-corrected chi connectivity index (χ3v) is 7.33. The van der Waals surface area contributed by atoms with Gasteiger partial charge in [0, 0.05) is 16.4 Å². The van der Waals surface area contributed by atoms with Crippen molar-refractivity contribution in [3.63, 3.8) is 0 Å². The molecule has 3 N–H and O–H groups in total. The van der Waals surface area contributed by atoms with E-state index in [9.17, 15) is 4.79 Å². The lowest BCUT2D eigenvalue weighted by Gasteiger charge is -2.20. The number of quaternary nitrogens is 1. The van der Waals surface area contributed by atoms with Crippen LogP contribution in [0.2, 0.25) is 0 Å². The molecule has 1 aliphatic rings. The zero-order valence-corrected chi connectivity index (χ0v) is 18.7. The predicted molar refractivity (Wildman–Crippen MR) is 121 cm³/mol. The number of aryl methyl sites for hydroxylation is 2. The molecule has 4 rings (SSSR count). The Kier molecular flexibility index (Phi) is 5.88. The van der Waals surface area contributed by atoms with E-state index in [1.54, 1.807) is 11.3 Å². The van der Waals surface area contributed by atoms with Crippen molar-refractivity contribution < 1.29 is 5.32 Å². The second kappa shape index (κ2) is 8.41. The Morgan fingerprint density at radius 2 is 1.76 bits per heavy atom. The molecule has 5 heteroatoms. The molecular weight excluding hydrogens is 378 g/mol. The molecule has 2 aromatic heterocycles. The average Bonchev–Trinajstić information content (AvgIpc) is 3.07. The number of fused-ring (bicyclic) bond motifs is 3. The van der Waals surface area contributed by atoms with Gasteiger partial charge in [-0.15, -0.1) is 11.3 Å². The highest BCUT2D eigenvalue weighted by atomic mass is 32.1. The Morgan fingerprint density at radius 3 is 2.45 bits per heavy atom. The van der Waals surface area contributed by atoms with Gasteiger partial charge < -0.3 is 10.3 Å². The molecule has 0 bridgehead atoms. The Bertz CT molecular complexity index is 1050. The van der Waals surface area contributed by atoms with Crippen LogP contribution in [0.15, 0.2) is 29.1 Å². The van der Waals surface area contributed by atoms with Crippen molar-refractivity contribution in [3.8, 4) is 0 Å². The van der Waals surface area contributed by atoms with Crippen LogP contribution in [0.25, 0.3) is 10.2 Å². The van der Waals surface area contributed by atoms with Crippen molar-refractivity contribution in [2.45, 2.75) is 71.9 Å². The Balaban J connectivity index is 1.56. The normalized spacial score (nSPS) is 15.2. The molecular formula is C24H32N3OS+. The van der Waals surface area contributed by atoms with Crippen molar-refractivity contribution in [2.24, 2.45) is 5.92 Å². The fourth-order valence-electron chi connectivity index (χ4n) is 4.44. The molecule has 1 aromatic carbocycles. The summed E-state index contributed by atoms with van der Waals surface area (Å²) in [4.78, 5) is 23.0. The van der Waals surface area contributed by atoms with Gasteiger partial charge in [0.2, 0.25) is 0 Å². The lowest BCUT2D eigenvalue weighted by Crippen LogP contribution is -2.85. The largest absolute Gasteiger partial charge is 0.334 e. The number of rotatable bonds is 6. The van der Waals surface area contributed by atoms with Crippen LogP contribution in [0.1, 0.15) is 79.9 Å². The van der Waals surface area contributed by atoms with E-state index in [4.69, 9.17) is 4.98 Å². The van der Waals surface area contributed by atoms with Gasteiger partial charge in [-0.1, -0.05) is 52.0 Å². The number of hydrogen-bond acceptors (Lipinski definition) is 3. The maximum atomic E-state index is 12.8. The Labute approximate surface area is 176 Å². The van der Waals surface area contributed by atoms with Gasteiger partial charge in [-0.3, -0.25) is 4.79 Å². The summed E-state index contributed by atoms with van der Waals surface area (Å²) >= 11 is 1.72. The summed E-state index contributed by atoms with van der Waals surface area (Å²) in [6.45, 7) is 9.64. The molecule has 29 heavy (non-hydrogen) atoms. The number of hydrogen-bond donors (Lipinski definition) is 2. The number of aromatic nitrogens is 2. The average molecular weight is 411 g/mol. The monoisotopic (exact) mass is 410 g/mol. The minimum absolute atomic E-state index is 0.0418. The molecule has 0 spiro atoms. The standard InChI is InChI=1S/C24H31N3OS/c1-14(2)16-9-11-17(12-10-16)22(15(3)4)25-13-20-26-23(28)21-18-7-5-6-8-19(18)29-24(21)27-20/h9-12,14-15,22,25H,5-8,13H2,1-4H3,(H,26,27,28)/p+1/t22-/m0/s1. The quantitative estimate of drug-likeness (QED) is 0.631. The number of nitrogens with one attached hydrogen (secondary N) is 1. The maximum Gasteiger partial charge on any atom is 0.260 e. The van der Waals surface area contributed by atoms with Crippen molar-refractivity contribution in [3.05, 3.63) is 62.0 Å². The molecule has 0 saturated carbocycles. The summed E-state index contributed by atoms with van der Waals surface area (Å²) in [5, 5.41) is 3.16. The first kappa shape index (κ1) is 20.3. The minimum atomic E-state index is 0.0418. The fraction of sp³-hybridized carbons (Fsp3) is 0.500. The molecule has 1 atom stereocenters. The number of thiophene rings is 1. The van der Waals surface area contributed by atoms with Crippen LogP contribution in [0.4, 0.5) is 0 Å². The maximum absolute atomic E-state index is 12.8. The van der Waals surface area contributed by atoms with Crippen LogP contribution in [0, 0.1) is 5.92 Å². The van der Waals surface area contributed by atoms with Gasteiger partial charge in [0.1, 0.15) is 17.4 Å². The lowest BCUT2D eigenvalue weighted by molar-refractivity contribution is -0.718. The van der Waals surface area contributed by atoms with Crippen LogP contribution < -0.4 is 10.9 Å². The van der Waals surface area contributed by atoms with Crippen LogP contribution in [-0.4, -0.2) is 9.97 Å². The molecule has 0 amide bonds. The van der Waals surface area contributed by atoms with Crippen molar-refractivity contribution in [1.82, 2.24) is 9.97 Å². The van der Waals surface area contributed by atoms with E-state index >= 15 is 0 Å². The van der Waals surface area contributed by atoms with E-state index < -0.39 is 0 Å². The van der Waals surface area contributed by atoms with Gasteiger partial charge in [0.15, 0.2) is 5.82 Å². The zero-order valence-electron chi connectivity index (χ0n) is 17.9. The molecule has 0 aliphatic heterocycles. The van der Waals surface area contributed by atoms with Gasteiger partial charge >= 0.3 is 0 Å². The highest BCUT2D eigenvalue weighted by Crippen LogP contribution is 2.33. The van der Waals surface area contributed by atoms with E-state index in [1.165, 1.54) is 34.4 Å². The Morgan fingerprint density at radius 1 is 1.07 bits per heavy atom. The van der Waals surface area contributed by atoms with Crippen LogP contribution in [-0.2, 0) is 19.4 Å². The molecule has 1 aliphatic carbocycles. The zero-order chi connectivity index (χ0) is 20.5. The first-order chi connectivity index (χ1) is 13.9. The summed E-state index contributed by atoms with van der Waals surface area (Å²) in [6, 6.07) is 9.33. The van der Waals surface area contributed by atoms with Crippen molar-refractivity contribution in [2.75, 3.05) is 0 Å². The second-order valence-corrected chi connectivity index (χ2v) is 10.0. The van der Waals surface area contributed by atoms with Crippen LogP contribution in [0.3, 0.4) is 0 Å². The molecule has 2 heterocycles. The van der Waals surface area contributed by atoms with Crippen molar-refractivity contribution in [1.29, 1.82) is 0 Å². The van der Waals surface area contributed by atoms with Gasteiger partial charge in [-0.05, 0) is 42.7 Å². The summed E-state index contributed by atoms with van der Waals surface area (Å²) in [7, 11) is 0. The topological polar surface area (TPSA) is 62.4 Å². The van der Waals surface area contributed by atoms with Crippen LogP contribution in [0.5, 0.6) is 0 Å². The minimum Gasteiger partial charge on any atom is -0.334 e. The molecule has 0 fully saturated rings. The van der Waals surface area contributed by atoms with Crippen LogP contribution >= 0.6 is 11.3 Å².